The maximum atomic E-state index is 12.3. The Kier molecular flexibility index (Phi) is 3.58. The van der Waals surface area contributed by atoms with E-state index < -0.39 is 0 Å². The van der Waals surface area contributed by atoms with Crippen LogP contribution in [0.5, 0.6) is 0 Å². The Morgan fingerprint density at radius 1 is 0.870 bits per heavy atom. The molecule has 3 aromatic carbocycles. The van der Waals surface area contributed by atoms with Gasteiger partial charge in [-0.15, -0.1) is 0 Å². The molecule has 4 rings (SSSR count). The molecular weight excluding hydrogens is 282 g/mol. The van der Waals surface area contributed by atoms with Gasteiger partial charge in [-0.3, -0.25) is 4.79 Å². The lowest BCUT2D eigenvalue weighted by Crippen LogP contribution is -2.12. The Morgan fingerprint density at radius 2 is 1.65 bits per heavy atom. The summed E-state index contributed by atoms with van der Waals surface area (Å²) in [5.74, 6) is 0.0764. The summed E-state index contributed by atoms with van der Waals surface area (Å²) in [5.41, 5.74) is 4.93. The smallest absolute Gasteiger partial charge is 0.224 e. The highest BCUT2D eigenvalue weighted by atomic mass is 16.1. The van der Waals surface area contributed by atoms with Crippen LogP contribution < -0.4 is 5.32 Å². The molecule has 0 aromatic heterocycles. The van der Waals surface area contributed by atoms with E-state index in [1.54, 1.807) is 0 Å². The molecule has 2 heteroatoms. The Hall–Kier alpha value is -2.61. The molecule has 3 aromatic rings. The number of carbonyl (C=O) groups excluding carboxylic acids is 1. The van der Waals surface area contributed by atoms with Crippen LogP contribution in [0.15, 0.2) is 60.7 Å². The first-order valence-corrected chi connectivity index (χ1v) is 8.18. The minimum atomic E-state index is 0.0764. The molecule has 1 amide bonds. The number of rotatable bonds is 4. The molecule has 0 radical (unpaired) electrons. The molecule has 2 nitrogen and oxygen atoms in total. The molecule has 1 aliphatic carbocycles. The average molecular weight is 301 g/mol. The molecule has 114 valence electrons. The van der Waals surface area contributed by atoms with Crippen LogP contribution in [0.4, 0.5) is 5.69 Å². The lowest BCUT2D eigenvalue weighted by molar-refractivity contribution is -0.116. The Labute approximate surface area is 136 Å². The number of anilines is 1. The highest BCUT2D eigenvalue weighted by Gasteiger charge is 2.16. The lowest BCUT2D eigenvalue weighted by atomic mass is 10.0. The van der Waals surface area contributed by atoms with Crippen LogP contribution in [0.3, 0.4) is 0 Å². The Bertz CT molecular complexity index is 857. The van der Waals surface area contributed by atoms with Gasteiger partial charge in [0.15, 0.2) is 0 Å². The van der Waals surface area contributed by atoms with Crippen LogP contribution in [0.25, 0.3) is 10.8 Å². The zero-order valence-electron chi connectivity index (χ0n) is 13.0. The average Bonchev–Trinajstić information content (AvgIpc) is 3.01. The van der Waals surface area contributed by atoms with Gasteiger partial charge in [0, 0.05) is 17.5 Å². The fraction of sp³-hybridized carbons (Fsp3) is 0.190. The van der Waals surface area contributed by atoms with Gasteiger partial charge in [-0.05, 0) is 47.4 Å². The monoisotopic (exact) mass is 301 g/mol. The lowest BCUT2D eigenvalue weighted by Gasteiger charge is -2.10. The number of amides is 1. The van der Waals surface area contributed by atoms with Crippen molar-refractivity contribution >= 4 is 22.4 Å². The van der Waals surface area contributed by atoms with Gasteiger partial charge in [-0.25, -0.2) is 0 Å². The maximum absolute atomic E-state index is 12.3. The third-order valence-electron chi connectivity index (χ3n) is 4.63. The molecule has 0 saturated carbocycles. The molecular formula is C21H19NO. The zero-order valence-corrected chi connectivity index (χ0v) is 13.0. The van der Waals surface area contributed by atoms with Gasteiger partial charge in [0.25, 0.3) is 0 Å². The number of carbonyl (C=O) groups is 1. The third kappa shape index (κ3) is 2.72. The van der Waals surface area contributed by atoms with Crippen molar-refractivity contribution in [2.75, 3.05) is 5.32 Å². The second-order valence-corrected chi connectivity index (χ2v) is 6.15. The van der Waals surface area contributed by atoms with E-state index in [4.69, 9.17) is 0 Å². The fourth-order valence-electron chi connectivity index (χ4n) is 3.47. The minimum absolute atomic E-state index is 0.0764. The van der Waals surface area contributed by atoms with Crippen molar-refractivity contribution in [3.05, 3.63) is 77.4 Å². The molecule has 0 unspecified atom stereocenters. The molecule has 0 spiro atoms. The highest BCUT2D eigenvalue weighted by molar-refractivity contribution is 6.05. The quantitative estimate of drug-likeness (QED) is 0.754. The molecule has 1 aliphatic rings. The van der Waals surface area contributed by atoms with Crippen LogP contribution in [-0.4, -0.2) is 5.91 Å². The van der Waals surface area contributed by atoms with E-state index in [2.05, 4.69) is 41.7 Å². The first-order chi connectivity index (χ1) is 11.3. The van der Waals surface area contributed by atoms with Gasteiger partial charge in [-0.2, -0.15) is 0 Å². The zero-order chi connectivity index (χ0) is 15.6. The molecule has 0 bridgehead atoms. The topological polar surface area (TPSA) is 29.1 Å². The second-order valence-electron chi connectivity index (χ2n) is 6.15. The summed E-state index contributed by atoms with van der Waals surface area (Å²) in [4.78, 5) is 12.3. The summed E-state index contributed by atoms with van der Waals surface area (Å²) in [6.45, 7) is 0. The number of benzene rings is 3. The van der Waals surface area contributed by atoms with Crippen molar-refractivity contribution in [1.82, 2.24) is 0 Å². The maximum Gasteiger partial charge on any atom is 0.224 e. The summed E-state index contributed by atoms with van der Waals surface area (Å²) < 4.78 is 0. The van der Waals surface area contributed by atoms with Crippen LogP contribution >= 0.6 is 0 Å². The number of nitrogens with one attached hydrogen (secondary N) is 1. The Morgan fingerprint density at radius 3 is 2.48 bits per heavy atom. The van der Waals surface area contributed by atoms with Crippen LogP contribution in [0.2, 0.25) is 0 Å². The van der Waals surface area contributed by atoms with Crippen molar-refractivity contribution in [3.63, 3.8) is 0 Å². The van der Waals surface area contributed by atoms with Gasteiger partial charge in [0.05, 0.1) is 0 Å². The highest BCUT2D eigenvalue weighted by Crippen LogP contribution is 2.35. The van der Waals surface area contributed by atoms with E-state index in [1.807, 2.05) is 24.3 Å². The van der Waals surface area contributed by atoms with Gasteiger partial charge in [0.1, 0.15) is 0 Å². The number of aryl methyl sites for hydroxylation is 3. The van der Waals surface area contributed by atoms with Gasteiger partial charge in [-0.1, -0.05) is 54.6 Å². The summed E-state index contributed by atoms with van der Waals surface area (Å²) in [6.07, 6.45) is 3.50. The predicted molar refractivity (Wildman–Crippen MR) is 94.7 cm³/mol. The molecule has 0 saturated heterocycles. The van der Waals surface area contributed by atoms with Crippen molar-refractivity contribution in [3.8, 4) is 0 Å². The molecule has 0 atom stereocenters. The molecule has 23 heavy (non-hydrogen) atoms. The van der Waals surface area contributed by atoms with Crippen LogP contribution in [0.1, 0.15) is 23.1 Å². The van der Waals surface area contributed by atoms with Gasteiger partial charge in [0.2, 0.25) is 5.91 Å². The summed E-state index contributed by atoms with van der Waals surface area (Å²) in [5, 5.41) is 5.61. The molecule has 0 aliphatic heterocycles. The van der Waals surface area contributed by atoms with Crippen LogP contribution in [0, 0.1) is 0 Å². The summed E-state index contributed by atoms with van der Waals surface area (Å²) >= 11 is 0. The number of hydrogen-bond acceptors (Lipinski definition) is 1. The van der Waals surface area contributed by atoms with Crippen molar-refractivity contribution in [1.29, 1.82) is 0 Å². The van der Waals surface area contributed by atoms with Gasteiger partial charge >= 0.3 is 0 Å². The molecule has 0 fully saturated rings. The van der Waals surface area contributed by atoms with E-state index in [1.165, 1.54) is 27.5 Å². The first kappa shape index (κ1) is 14.0. The molecule has 1 N–H and O–H groups in total. The van der Waals surface area contributed by atoms with E-state index in [-0.39, 0.29) is 5.91 Å². The fourth-order valence-corrected chi connectivity index (χ4v) is 3.47. The first-order valence-electron chi connectivity index (χ1n) is 8.18. The SMILES string of the molecule is O=C(CCc1ccccc1)Nc1ccc2c3c(cccc13)CC2. The van der Waals surface area contributed by atoms with Crippen LogP contribution in [-0.2, 0) is 24.1 Å². The number of hydrogen-bond donors (Lipinski definition) is 1. The summed E-state index contributed by atoms with van der Waals surface area (Å²) in [6, 6.07) is 20.7. The van der Waals surface area contributed by atoms with Crippen molar-refractivity contribution in [2.24, 2.45) is 0 Å². The summed E-state index contributed by atoms with van der Waals surface area (Å²) in [7, 11) is 0. The minimum Gasteiger partial charge on any atom is -0.326 e. The van der Waals surface area contributed by atoms with Crippen molar-refractivity contribution in [2.45, 2.75) is 25.7 Å². The van der Waals surface area contributed by atoms with Gasteiger partial charge < -0.3 is 5.32 Å². The Balaban J connectivity index is 1.53. The largest absolute Gasteiger partial charge is 0.326 e. The normalized spacial score (nSPS) is 12.5. The second kappa shape index (κ2) is 5.88. The molecule has 0 heterocycles. The standard InChI is InChI=1S/C21H19NO/c23-20(14-9-15-5-2-1-3-6-15)22-19-13-12-17-11-10-16-7-4-8-18(19)21(16)17/h1-8,12-13H,9-11,14H2,(H,22,23). The van der Waals surface area contributed by atoms with E-state index >= 15 is 0 Å². The third-order valence-corrected chi connectivity index (χ3v) is 4.63. The van der Waals surface area contributed by atoms with Crippen molar-refractivity contribution < 1.29 is 4.79 Å². The van der Waals surface area contributed by atoms with E-state index in [9.17, 15) is 4.79 Å². The van der Waals surface area contributed by atoms with E-state index in [0.29, 0.717) is 6.42 Å². The van der Waals surface area contributed by atoms with E-state index in [0.717, 1.165) is 24.9 Å². The predicted octanol–water partition coefficient (Wildman–Crippen LogP) is 4.51.